The zero-order valence-corrected chi connectivity index (χ0v) is 7.91. The van der Waals surface area contributed by atoms with Crippen molar-refractivity contribution in [3.05, 3.63) is 35.4 Å². The van der Waals surface area contributed by atoms with E-state index in [1.807, 2.05) is 0 Å². The standard InChI is InChI=1S/C10H13F2NO/c1-14-6-9(13)7-3-2-4-8(5-7)10(11)12/h2-5,9-10H,6,13H2,1H3. The van der Waals surface area contributed by atoms with Gasteiger partial charge in [-0.25, -0.2) is 8.78 Å². The summed E-state index contributed by atoms with van der Waals surface area (Å²) < 4.78 is 29.5. The molecule has 1 atom stereocenters. The van der Waals surface area contributed by atoms with Gasteiger partial charge in [-0.05, 0) is 11.6 Å². The van der Waals surface area contributed by atoms with Gasteiger partial charge in [-0.15, -0.1) is 0 Å². The summed E-state index contributed by atoms with van der Waals surface area (Å²) in [4.78, 5) is 0. The largest absolute Gasteiger partial charge is 0.383 e. The van der Waals surface area contributed by atoms with Gasteiger partial charge in [0, 0.05) is 12.7 Å². The van der Waals surface area contributed by atoms with Crippen LogP contribution in [0.3, 0.4) is 0 Å². The van der Waals surface area contributed by atoms with Crippen molar-refractivity contribution in [2.75, 3.05) is 13.7 Å². The molecule has 1 rings (SSSR count). The predicted molar refractivity (Wildman–Crippen MR) is 50.2 cm³/mol. The molecule has 0 bridgehead atoms. The normalized spacial score (nSPS) is 13.2. The topological polar surface area (TPSA) is 35.2 Å². The van der Waals surface area contributed by atoms with E-state index in [1.165, 1.54) is 19.2 Å². The summed E-state index contributed by atoms with van der Waals surface area (Å²) in [7, 11) is 1.52. The highest BCUT2D eigenvalue weighted by Gasteiger charge is 2.10. The fraction of sp³-hybridized carbons (Fsp3) is 0.400. The molecule has 1 aromatic carbocycles. The molecule has 1 unspecified atom stereocenters. The number of ether oxygens (including phenoxy) is 1. The summed E-state index contributed by atoms with van der Waals surface area (Å²) in [5, 5.41) is 0. The number of rotatable bonds is 4. The first-order valence-electron chi connectivity index (χ1n) is 4.27. The molecule has 1 aromatic rings. The molecular formula is C10H13F2NO. The molecule has 0 aromatic heterocycles. The molecule has 2 nitrogen and oxygen atoms in total. The minimum Gasteiger partial charge on any atom is -0.383 e. The maximum Gasteiger partial charge on any atom is 0.263 e. The molecular weight excluding hydrogens is 188 g/mol. The summed E-state index contributed by atoms with van der Waals surface area (Å²) in [5.74, 6) is 0. The molecule has 0 aliphatic carbocycles. The Morgan fingerprint density at radius 1 is 1.36 bits per heavy atom. The van der Waals surface area contributed by atoms with Gasteiger partial charge in [-0.3, -0.25) is 0 Å². The van der Waals surface area contributed by atoms with E-state index in [1.54, 1.807) is 12.1 Å². The Morgan fingerprint density at radius 2 is 2.00 bits per heavy atom. The Morgan fingerprint density at radius 3 is 2.57 bits per heavy atom. The summed E-state index contributed by atoms with van der Waals surface area (Å²) >= 11 is 0. The Bertz CT molecular complexity index is 291. The van der Waals surface area contributed by atoms with Crippen LogP contribution in [0.2, 0.25) is 0 Å². The molecule has 0 fully saturated rings. The predicted octanol–water partition coefficient (Wildman–Crippen LogP) is 2.27. The van der Waals surface area contributed by atoms with E-state index in [-0.39, 0.29) is 11.6 Å². The fourth-order valence-electron chi connectivity index (χ4n) is 1.20. The quantitative estimate of drug-likeness (QED) is 0.811. The second kappa shape index (κ2) is 5.02. The summed E-state index contributed by atoms with van der Waals surface area (Å²) in [6.45, 7) is 0.326. The van der Waals surface area contributed by atoms with Crippen LogP contribution in [0.1, 0.15) is 23.6 Å². The van der Waals surface area contributed by atoms with Crippen LogP contribution >= 0.6 is 0 Å². The third kappa shape index (κ3) is 2.75. The van der Waals surface area contributed by atoms with Gasteiger partial charge in [0.25, 0.3) is 6.43 Å². The monoisotopic (exact) mass is 201 g/mol. The van der Waals surface area contributed by atoms with Crippen molar-refractivity contribution in [2.24, 2.45) is 5.73 Å². The number of hydrogen-bond acceptors (Lipinski definition) is 2. The van der Waals surface area contributed by atoms with Crippen molar-refractivity contribution >= 4 is 0 Å². The summed E-state index contributed by atoms with van der Waals surface area (Å²) in [6, 6.07) is 5.74. The van der Waals surface area contributed by atoms with Gasteiger partial charge >= 0.3 is 0 Å². The van der Waals surface area contributed by atoms with Crippen molar-refractivity contribution in [3.63, 3.8) is 0 Å². The third-order valence-electron chi connectivity index (χ3n) is 1.94. The minimum absolute atomic E-state index is 0.00551. The zero-order chi connectivity index (χ0) is 10.6. The summed E-state index contributed by atoms with van der Waals surface area (Å²) in [5.41, 5.74) is 6.37. The zero-order valence-electron chi connectivity index (χ0n) is 7.91. The molecule has 2 N–H and O–H groups in total. The van der Waals surface area contributed by atoms with Gasteiger partial charge < -0.3 is 10.5 Å². The first-order chi connectivity index (χ1) is 6.65. The number of alkyl halides is 2. The molecule has 0 aliphatic heterocycles. The average Bonchev–Trinajstić information content (AvgIpc) is 2.18. The number of halogens is 2. The first-order valence-corrected chi connectivity index (χ1v) is 4.27. The number of nitrogens with two attached hydrogens (primary N) is 1. The lowest BCUT2D eigenvalue weighted by atomic mass is 10.1. The highest BCUT2D eigenvalue weighted by molar-refractivity contribution is 5.26. The molecule has 14 heavy (non-hydrogen) atoms. The highest BCUT2D eigenvalue weighted by Crippen LogP contribution is 2.21. The Hall–Kier alpha value is -1.00. The van der Waals surface area contributed by atoms with Gasteiger partial charge in [-0.1, -0.05) is 18.2 Å². The van der Waals surface area contributed by atoms with Gasteiger partial charge in [0.1, 0.15) is 0 Å². The van der Waals surface area contributed by atoms with E-state index in [2.05, 4.69) is 0 Å². The van der Waals surface area contributed by atoms with Crippen LogP contribution in [0.15, 0.2) is 24.3 Å². The fourth-order valence-corrected chi connectivity index (χ4v) is 1.20. The second-order valence-corrected chi connectivity index (χ2v) is 3.03. The van der Waals surface area contributed by atoms with Crippen LogP contribution in [0, 0.1) is 0 Å². The van der Waals surface area contributed by atoms with E-state index in [0.29, 0.717) is 12.2 Å². The van der Waals surface area contributed by atoms with Gasteiger partial charge in [0.05, 0.1) is 12.6 Å². The van der Waals surface area contributed by atoms with Crippen LogP contribution in [-0.4, -0.2) is 13.7 Å². The maximum atomic E-state index is 12.3. The van der Waals surface area contributed by atoms with E-state index in [9.17, 15) is 8.78 Å². The minimum atomic E-state index is -2.45. The molecule has 0 heterocycles. The van der Waals surface area contributed by atoms with Crippen LogP contribution in [0.25, 0.3) is 0 Å². The van der Waals surface area contributed by atoms with Crippen LogP contribution in [0.5, 0.6) is 0 Å². The molecule has 0 saturated carbocycles. The van der Waals surface area contributed by atoms with E-state index >= 15 is 0 Å². The smallest absolute Gasteiger partial charge is 0.263 e. The Balaban J connectivity index is 2.82. The van der Waals surface area contributed by atoms with E-state index < -0.39 is 6.43 Å². The van der Waals surface area contributed by atoms with Gasteiger partial charge in [0.2, 0.25) is 0 Å². The Labute approximate surface area is 81.7 Å². The average molecular weight is 201 g/mol. The van der Waals surface area contributed by atoms with Crippen LogP contribution in [-0.2, 0) is 4.74 Å². The van der Waals surface area contributed by atoms with Crippen molar-refractivity contribution < 1.29 is 13.5 Å². The number of hydrogen-bond donors (Lipinski definition) is 1. The molecule has 0 amide bonds. The molecule has 78 valence electrons. The van der Waals surface area contributed by atoms with Crippen molar-refractivity contribution in [1.82, 2.24) is 0 Å². The van der Waals surface area contributed by atoms with Crippen molar-refractivity contribution in [3.8, 4) is 0 Å². The maximum absolute atomic E-state index is 12.3. The van der Waals surface area contributed by atoms with Crippen molar-refractivity contribution in [2.45, 2.75) is 12.5 Å². The lowest BCUT2D eigenvalue weighted by molar-refractivity contribution is 0.151. The summed E-state index contributed by atoms with van der Waals surface area (Å²) in [6.07, 6.45) is -2.45. The molecule has 0 radical (unpaired) electrons. The SMILES string of the molecule is COCC(N)c1cccc(C(F)F)c1. The van der Waals surface area contributed by atoms with E-state index in [4.69, 9.17) is 10.5 Å². The van der Waals surface area contributed by atoms with Crippen molar-refractivity contribution in [1.29, 1.82) is 0 Å². The second-order valence-electron chi connectivity index (χ2n) is 3.03. The van der Waals surface area contributed by atoms with Gasteiger partial charge in [0.15, 0.2) is 0 Å². The van der Waals surface area contributed by atoms with E-state index in [0.717, 1.165) is 0 Å². The number of methoxy groups -OCH3 is 1. The molecule has 4 heteroatoms. The molecule has 0 saturated heterocycles. The molecule has 0 aliphatic rings. The highest BCUT2D eigenvalue weighted by atomic mass is 19.3. The van der Waals surface area contributed by atoms with Crippen LogP contribution in [0.4, 0.5) is 8.78 Å². The van der Waals surface area contributed by atoms with Crippen LogP contribution < -0.4 is 5.73 Å². The lowest BCUT2D eigenvalue weighted by Crippen LogP contribution is -2.16. The lowest BCUT2D eigenvalue weighted by Gasteiger charge is -2.11. The number of benzene rings is 1. The molecule has 0 spiro atoms. The van der Waals surface area contributed by atoms with Gasteiger partial charge in [-0.2, -0.15) is 0 Å². The first kappa shape index (κ1) is 11.1. The Kier molecular flexibility index (Phi) is 3.98. The third-order valence-corrected chi connectivity index (χ3v) is 1.94.